The van der Waals surface area contributed by atoms with Gasteiger partial charge in [0.15, 0.2) is 0 Å². The third-order valence-corrected chi connectivity index (χ3v) is 6.56. The quantitative estimate of drug-likeness (QED) is 0.896. The third kappa shape index (κ3) is 2.91. The molecule has 2 N–H and O–H groups in total. The number of piperidine rings is 1. The predicted octanol–water partition coefficient (Wildman–Crippen LogP) is 2.44. The van der Waals surface area contributed by atoms with Gasteiger partial charge in [0, 0.05) is 25.7 Å². The second-order valence-corrected chi connectivity index (χ2v) is 7.86. The van der Waals surface area contributed by atoms with Crippen LogP contribution >= 0.6 is 0 Å². The standard InChI is InChI=1S/C18H27N3O2/c22-17(4-3-15-12-13-1-2-14(15)11-13)21-9-6-18(23,7-10-21)16-5-8-19-20-16/h5,8,13-15,23H,1-4,6-7,9-12H2,(H,19,20). The van der Waals surface area contributed by atoms with E-state index in [4.69, 9.17) is 0 Å². The Bertz CT molecular complexity index is 549. The number of H-pyrrole nitrogens is 1. The molecule has 2 bridgehead atoms. The zero-order chi connectivity index (χ0) is 15.9. The Kier molecular flexibility index (Phi) is 3.92. The van der Waals surface area contributed by atoms with E-state index in [1.807, 2.05) is 11.0 Å². The Morgan fingerprint density at radius 2 is 2.17 bits per heavy atom. The maximum Gasteiger partial charge on any atom is 0.222 e. The summed E-state index contributed by atoms with van der Waals surface area (Å²) in [4.78, 5) is 14.4. The second kappa shape index (κ2) is 5.93. The van der Waals surface area contributed by atoms with Gasteiger partial charge in [0.2, 0.25) is 5.91 Å². The van der Waals surface area contributed by atoms with E-state index in [9.17, 15) is 9.90 Å². The predicted molar refractivity (Wildman–Crippen MR) is 86.5 cm³/mol. The van der Waals surface area contributed by atoms with Crippen LogP contribution in [0.1, 0.15) is 57.1 Å². The van der Waals surface area contributed by atoms with Gasteiger partial charge < -0.3 is 10.0 Å². The Morgan fingerprint density at radius 3 is 2.78 bits per heavy atom. The van der Waals surface area contributed by atoms with E-state index in [-0.39, 0.29) is 5.91 Å². The Balaban J connectivity index is 1.26. The first-order valence-corrected chi connectivity index (χ1v) is 9.14. The van der Waals surface area contributed by atoms with E-state index >= 15 is 0 Å². The Morgan fingerprint density at radius 1 is 1.35 bits per heavy atom. The molecule has 0 spiro atoms. The number of aromatic nitrogens is 2. The zero-order valence-electron chi connectivity index (χ0n) is 13.7. The van der Waals surface area contributed by atoms with Crippen molar-refractivity contribution in [2.24, 2.45) is 17.8 Å². The van der Waals surface area contributed by atoms with Crippen LogP contribution in [0.2, 0.25) is 0 Å². The molecule has 23 heavy (non-hydrogen) atoms. The van der Waals surface area contributed by atoms with E-state index in [0.717, 1.165) is 29.9 Å². The van der Waals surface area contributed by atoms with Crippen molar-refractivity contribution in [3.05, 3.63) is 18.0 Å². The molecule has 0 radical (unpaired) electrons. The molecule has 3 unspecified atom stereocenters. The molecule has 126 valence electrons. The lowest BCUT2D eigenvalue weighted by molar-refractivity contribution is -0.136. The van der Waals surface area contributed by atoms with Crippen LogP contribution in [0.25, 0.3) is 0 Å². The lowest BCUT2D eigenvalue weighted by Crippen LogP contribution is -2.45. The van der Waals surface area contributed by atoms with Gasteiger partial charge in [-0.25, -0.2) is 0 Å². The third-order valence-electron chi connectivity index (χ3n) is 6.56. The highest BCUT2D eigenvalue weighted by Gasteiger charge is 2.40. The summed E-state index contributed by atoms with van der Waals surface area (Å²) >= 11 is 0. The maximum atomic E-state index is 12.5. The Labute approximate surface area is 137 Å². The number of likely N-dealkylation sites (tertiary alicyclic amines) is 1. The molecule has 5 heteroatoms. The number of rotatable bonds is 4. The number of aliphatic hydroxyl groups is 1. The van der Waals surface area contributed by atoms with Gasteiger partial charge >= 0.3 is 0 Å². The molecule has 2 aliphatic carbocycles. The summed E-state index contributed by atoms with van der Waals surface area (Å²) in [6, 6.07) is 1.83. The highest BCUT2D eigenvalue weighted by Crippen LogP contribution is 2.49. The number of hydrogen-bond donors (Lipinski definition) is 2. The first-order chi connectivity index (χ1) is 11.1. The van der Waals surface area contributed by atoms with Crippen LogP contribution in [0.15, 0.2) is 12.3 Å². The van der Waals surface area contributed by atoms with Gasteiger partial charge in [-0.15, -0.1) is 0 Å². The Hall–Kier alpha value is -1.36. The van der Waals surface area contributed by atoms with Gasteiger partial charge in [-0.2, -0.15) is 5.10 Å². The number of carbonyl (C=O) groups is 1. The fraction of sp³-hybridized carbons (Fsp3) is 0.778. The summed E-state index contributed by atoms with van der Waals surface area (Å²) in [5.74, 6) is 2.93. The van der Waals surface area contributed by atoms with E-state index in [1.165, 1.54) is 25.7 Å². The summed E-state index contributed by atoms with van der Waals surface area (Å²) in [6.07, 6.45) is 10.2. The molecule has 1 amide bonds. The minimum Gasteiger partial charge on any atom is -0.383 e. The number of hydrogen-bond acceptors (Lipinski definition) is 3. The molecule has 1 aromatic heterocycles. The van der Waals surface area contributed by atoms with E-state index < -0.39 is 5.60 Å². The molecule has 3 atom stereocenters. The summed E-state index contributed by atoms with van der Waals surface area (Å²) < 4.78 is 0. The van der Waals surface area contributed by atoms with Crippen molar-refractivity contribution in [3.8, 4) is 0 Å². The summed E-state index contributed by atoms with van der Waals surface area (Å²) in [6.45, 7) is 1.29. The van der Waals surface area contributed by atoms with Crippen molar-refractivity contribution in [1.82, 2.24) is 15.1 Å². The summed E-state index contributed by atoms with van der Waals surface area (Å²) in [5, 5.41) is 17.5. The number of fused-ring (bicyclic) bond motifs is 2. The normalized spacial score (nSPS) is 32.4. The van der Waals surface area contributed by atoms with Gasteiger partial charge in [-0.1, -0.05) is 6.42 Å². The van der Waals surface area contributed by atoms with Crippen molar-refractivity contribution in [3.63, 3.8) is 0 Å². The number of carbonyl (C=O) groups excluding carboxylic acids is 1. The number of nitrogens with zero attached hydrogens (tertiary/aromatic N) is 2. The van der Waals surface area contributed by atoms with Crippen LogP contribution in [0.5, 0.6) is 0 Å². The highest BCUT2D eigenvalue weighted by atomic mass is 16.3. The molecule has 3 fully saturated rings. The zero-order valence-corrected chi connectivity index (χ0v) is 13.7. The number of nitrogens with one attached hydrogen (secondary N) is 1. The summed E-state index contributed by atoms with van der Waals surface area (Å²) in [5.41, 5.74) is -0.0793. The number of aromatic amines is 1. The van der Waals surface area contributed by atoms with E-state index in [1.54, 1.807) is 6.20 Å². The van der Waals surface area contributed by atoms with Crippen molar-refractivity contribution < 1.29 is 9.90 Å². The molecule has 2 heterocycles. The molecular formula is C18H27N3O2. The molecule has 2 saturated carbocycles. The molecule has 0 aromatic carbocycles. The SMILES string of the molecule is O=C(CCC1CC2CCC1C2)N1CCC(O)(c2ccn[nH]2)CC1. The summed E-state index contributed by atoms with van der Waals surface area (Å²) in [7, 11) is 0. The fourth-order valence-corrected chi connectivity index (χ4v) is 5.11. The van der Waals surface area contributed by atoms with Crippen molar-refractivity contribution in [2.45, 2.75) is 57.0 Å². The first kappa shape index (κ1) is 15.2. The lowest BCUT2D eigenvalue weighted by atomic mass is 9.85. The molecule has 1 saturated heterocycles. The average molecular weight is 317 g/mol. The molecular weight excluding hydrogens is 290 g/mol. The van der Waals surface area contributed by atoms with Crippen molar-refractivity contribution in [2.75, 3.05) is 13.1 Å². The minimum absolute atomic E-state index is 0.277. The van der Waals surface area contributed by atoms with Crippen LogP contribution in [-0.2, 0) is 10.4 Å². The second-order valence-electron chi connectivity index (χ2n) is 7.86. The van der Waals surface area contributed by atoms with E-state index in [0.29, 0.717) is 32.4 Å². The van der Waals surface area contributed by atoms with Crippen LogP contribution < -0.4 is 0 Å². The van der Waals surface area contributed by atoms with Gasteiger partial charge in [0.25, 0.3) is 0 Å². The van der Waals surface area contributed by atoms with Gasteiger partial charge in [-0.05, 0) is 62.3 Å². The van der Waals surface area contributed by atoms with Crippen LogP contribution in [0, 0.1) is 17.8 Å². The maximum absolute atomic E-state index is 12.5. The molecule has 1 aromatic rings. The lowest BCUT2D eigenvalue weighted by Gasteiger charge is -2.37. The van der Waals surface area contributed by atoms with Crippen molar-refractivity contribution >= 4 is 5.91 Å². The minimum atomic E-state index is -0.849. The smallest absolute Gasteiger partial charge is 0.222 e. The first-order valence-electron chi connectivity index (χ1n) is 9.14. The largest absolute Gasteiger partial charge is 0.383 e. The molecule has 4 rings (SSSR count). The van der Waals surface area contributed by atoms with Crippen LogP contribution in [0.3, 0.4) is 0 Å². The molecule has 3 aliphatic rings. The van der Waals surface area contributed by atoms with Crippen molar-refractivity contribution in [1.29, 1.82) is 0 Å². The topological polar surface area (TPSA) is 69.2 Å². The molecule has 5 nitrogen and oxygen atoms in total. The van der Waals surface area contributed by atoms with E-state index in [2.05, 4.69) is 10.2 Å². The van der Waals surface area contributed by atoms with Gasteiger partial charge in [0.05, 0.1) is 5.69 Å². The van der Waals surface area contributed by atoms with Gasteiger partial charge in [-0.3, -0.25) is 9.89 Å². The average Bonchev–Trinajstić information content (AvgIpc) is 3.30. The number of amides is 1. The van der Waals surface area contributed by atoms with Gasteiger partial charge in [0.1, 0.15) is 5.60 Å². The fourth-order valence-electron chi connectivity index (χ4n) is 5.11. The monoisotopic (exact) mass is 317 g/mol. The highest BCUT2D eigenvalue weighted by molar-refractivity contribution is 5.76. The van der Waals surface area contributed by atoms with Crippen LogP contribution in [-0.4, -0.2) is 39.2 Å². The van der Waals surface area contributed by atoms with Crippen LogP contribution in [0.4, 0.5) is 0 Å². The molecule has 1 aliphatic heterocycles.